The number of nitrogen functional groups attached to an aromatic ring is 1. The lowest BCUT2D eigenvalue weighted by atomic mass is 10.2. The van der Waals surface area contributed by atoms with Crippen LogP contribution in [0.5, 0.6) is 0 Å². The van der Waals surface area contributed by atoms with Crippen molar-refractivity contribution in [2.24, 2.45) is 7.05 Å². The first-order valence-electron chi connectivity index (χ1n) is 7.32. The van der Waals surface area contributed by atoms with Crippen LogP contribution in [-0.2, 0) is 17.1 Å². The van der Waals surface area contributed by atoms with Crippen molar-refractivity contribution >= 4 is 15.8 Å². The van der Waals surface area contributed by atoms with Crippen molar-refractivity contribution in [3.8, 4) is 0 Å². The number of aromatic nitrogens is 2. The first kappa shape index (κ1) is 16.3. The number of aryl methyl sites for hydroxylation is 1. The van der Waals surface area contributed by atoms with Gasteiger partial charge in [0, 0.05) is 39.3 Å². The molecule has 0 bridgehead atoms. The molecule has 1 atom stereocenters. The lowest BCUT2D eigenvalue weighted by molar-refractivity contribution is 0.142. The standard InChI is InChI=1S/C13H25N5O2S/c1-5-10(2)17-6-8-18(9-7-17)21(19,20)12-11(3)16(4)15-13(12)14/h10H,5-9H2,1-4H3,(H2,14,15). The highest BCUT2D eigenvalue weighted by molar-refractivity contribution is 7.89. The number of nitrogens with zero attached hydrogens (tertiary/aromatic N) is 4. The first-order valence-corrected chi connectivity index (χ1v) is 8.76. The van der Waals surface area contributed by atoms with E-state index >= 15 is 0 Å². The van der Waals surface area contributed by atoms with Crippen LogP contribution in [0.15, 0.2) is 4.90 Å². The third-order valence-electron chi connectivity index (χ3n) is 4.39. The second-order valence-electron chi connectivity index (χ2n) is 5.62. The molecule has 1 aromatic heterocycles. The van der Waals surface area contributed by atoms with Gasteiger partial charge in [0.1, 0.15) is 4.90 Å². The van der Waals surface area contributed by atoms with Crippen molar-refractivity contribution in [1.29, 1.82) is 0 Å². The summed E-state index contributed by atoms with van der Waals surface area (Å²) in [6, 6.07) is 0.486. The fraction of sp³-hybridized carbons (Fsp3) is 0.769. The van der Waals surface area contributed by atoms with Crippen LogP contribution in [0.4, 0.5) is 5.82 Å². The van der Waals surface area contributed by atoms with Gasteiger partial charge in [-0.3, -0.25) is 9.58 Å². The van der Waals surface area contributed by atoms with Crippen LogP contribution in [0.25, 0.3) is 0 Å². The molecular formula is C13H25N5O2S. The van der Waals surface area contributed by atoms with E-state index in [1.54, 1.807) is 14.0 Å². The minimum absolute atomic E-state index is 0.0827. The van der Waals surface area contributed by atoms with Crippen LogP contribution in [-0.4, -0.2) is 59.6 Å². The highest BCUT2D eigenvalue weighted by Crippen LogP contribution is 2.26. The van der Waals surface area contributed by atoms with Crippen molar-refractivity contribution in [1.82, 2.24) is 19.0 Å². The van der Waals surface area contributed by atoms with Gasteiger partial charge in [0.2, 0.25) is 10.0 Å². The van der Waals surface area contributed by atoms with E-state index in [-0.39, 0.29) is 10.7 Å². The Kier molecular flexibility index (Phi) is 4.60. The molecule has 21 heavy (non-hydrogen) atoms. The monoisotopic (exact) mass is 315 g/mol. The third kappa shape index (κ3) is 2.93. The zero-order valence-electron chi connectivity index (χ0n) is 13.2. The Morgan fingerprint density at radius 2 is 1.86 bits per heavy atom. The molecule has 1 aliphatic rings. The van der Waals surface area contributed by atoms with Gasteiger partial charge in [0.05, 0.1) is 5.69 Å². The molecule has 0 radical (unpaired) electrons. The number of hydrogen-bond donors (Lipinski definition) is 1. The Bertz CT molecular complexity index is 602. The SMILES string of the molecule is CCC(C)N1CCN(S(=O)(=O)c2c(N)nn(C)c2C)CC1. The molecule has 2 rings (SSSR count). The van der Waals surface area contributed by atoms with Gasteiger partial charge in [0.25, 0.3) is 0 Å². The zero-order valence-corrected chi connectivity index (χ0v) is 14.0. The summed E-state index contributed by atoms with van der Waals surface area (Å²) in [6.45, 7) is 8.56. The van der Waals surface area contributed by atoms with Crippen LogP contribution < -0.4 is 5.73 Å². The fourth-order valence-electron chi connectivity index (χ4n) is 2.71. The number of anilines is 1. The van der Waals surface area contributed by atoms with Gasteiger partial charge in [-0.05, 0) is 20.3 Å². The number of hydrogen-bond acceptors (Lipinski definition) is 5. The van der Waals surface area contributed by atoms with E-state index in [4.69, 9.17) is 5.73 Å². The summed E-state index contributed by atoms with van der Waals surface area (Å²) < 4.78 is 28.6. The summed E-state index contributed by atoms with van der Waals surface area (Å²) in [7, 11) is -1.86. The molecule has 1 aromatic rings. The van der Waals surface area contributed by atoms with Gasteiger partial charge in [-0.1, -0.05) is 6.92 Å². The smallest absolute Gasteiger partial charge is 0.248 e. The highest BCUT2D eigenvalue weighted by Gasteiger charge is 2.33. The summed E-state index contributed by atoms with van der Waals surface area (Å²) in [5, 5.41) is 4.01. The van der Waals surface area contributed by atoms with Crippen molar-refractivity contribution in [2.75, 3.05) is 31.9 Å². The van der Waals surface area contributed by atoms with Crippen LogP contribution >= 0.6 is 0 Å². The Balaban J connectivity index is 2.19. The van der Waals surface area contributed by atoms with Crippen molar-refractivity contribution < 1.29 is 8.42 Å². The summed E-state index contributed by atoms with van der Waals surface area (Å²) in [6.07, 6.45) is 1.07. The van der Waals surface area contributed by atoms with Crippen molar-refractivity contribution in [3.63, 3.8) is 0 Å². The molecule has 0 aliphatic carbocycles. The normalized spacial score (nSPS) is 19.8. The maximum absolute atomic E-state index is 12.8. The minimum atomic E-state index is -3.56. The predicted molar refractivity (Wildman–Crippen MR) is 82.4 cm³/mol. The molecule has 2 N–H and O–H groups in total. The number of sulfonamides is 1. The average Bonchev–Trinajstić information content (AvgIpc) is 2.71. The van der Waals surface area contributed by atoms with Crippen LogP contribution in [0.2, 0.25) is 0 Å². The molecule has 1 aliphatic heterocycles. The van der Waals surface area contributed by atoms with Gasteiger partial charge < -0.3 is 5.73 Å². The average molecular weight is 315 g/mol. The Labute approximate surface area is 126 Å². The third-order valence-corrected chi connectivity index (χ3v) is 6.46. The van der Waals surface area contributed by atoms with Gasteiger partial charge in [-0.2, -0.15) is 9.40 Å². The summed E-state index contributed by atoms with van der Waals surface area (Å²) >= 11 is 0. The van der Waals surface area contributed by atoms with E-state index in [1.165, 1.54) is 8.99 Å². The molecule has 0 amide bonds. The van der Waals surface area contributed by atoms with E-state index in [1.807, 2.05) is 0 Å². The summed E-state index contributed by atoms with van der Waals surface area (Å²) in [5.74, 6) is 0.0827. The minimum Gasteiger partial charge on any atom is -0.381 e. The summed E-state index contributed by atoms with van der Waals surface area (Å²) in [4.78, 5) is 2.48. The first-order chi connectivity index (χ1) is 9.78. The van der Waals surface area contributed by atoms with Crippen LogP contribution in [0.1, 0.15) is 26.0 Å². The fourth-order valence-corrected chi connectivity index (χ4v) is 4.42. The van der Waals surface area contributed by atoms with Gasteiger partial charge in [-0.25, -0.2) is 8.42 Å². The topological polar surface area (TPSA) is 84.5 Å². The highest BCUT2D eigenvalue weighted by atomic mass is 32.2. The maximum Gasteiger partial charge on any atom is 0.248 e. The predicted octanol–water partition coefficient (Wildman–Crippen LogP) is 0.416. The summed E-state index contributed by atoms with van der Waals surface area (Å²) in [5.41, 5.74) is 6.36. The quantitative estimate of drug-likeness (QED) is 0.870. The van der Waals surface area contributed by atoms with Crippen molar-refractivity contribution in [2.45, 2.75) is 38.1 Å². The second-order valence-corrected chi connectivity index (χ2v) is 7.50. The van der Waals surface area contributed by atoms with Crippen LogP contribution in [0, 0.1) is 6.92 Å². The molecule has 8 heteroatoms. The molecule has 0 spiro atoms. The number of rotatable bonds is 4. The number of piperazine rings is 1. The van der Waals surface area contributed by atoms with Gasteiger partial charge in [-0.15, -0.1) is 0 Å². The molecular weight excluding hydrogens is 290 g/mol. The Morgan fingerprint density at radius 1 is 1.29 bits per heavy atom. The maximum atomic E-state index is 12.8. The lowest BCUT2D eigenvalue weighted by Crippen LogP contribution is -2.51. The van der Waals surface area contributed by atoms with Crippen LogP contribution in [0.3, 0.4) is 0 Å². The Morgan fingerprint density at radius 3 is 2.29 bits per heavy atom. The second kappa shape index (κ2) is 5.94. The molecule has 1 fully saturated rings. The van der Waals surface area contributed by atoms with Gasteiger partial charge in [0.15, 0.2) is 5.82 Å². The molecule has 0 saturated carbocycles. The van der Waals surface area contributed by atoms with Crippen molar-refractivity contribution in [3.05, 3.63) is 5.69 Å². The molecule has 1 saturated heterocycles. The van der Waals surface area contributed by atoms with E-state index in [9.17, 15) is 8.42 Å². The largest absolute Gasteiger partial charge is 0.381 e. The molecule has 2 heterocycles. The zero-order chi connectivity index (χ0) is 15.8. The Hall–Kier alpha value is -1.12. The van der Waals surface area contributed by atoms with E-state index in [2.05, 4.69) is 23.8 Å². The molecule has 120 valence electrons. The molecule has 0 aromatic carbocycles. The van der Waals surface area contributed by atoms with E-state index in [0.29, 0.717) is 24.8 Å². The van der Waals surface area contributed by atoms with Gasteiger partial charge >= 0.3 is 0 Å². The molecule has 7 nitrogen and oxygen atoms in total. The lowest BCUT2D eigenvalue weighted by Gasteiger charge is -2.37. The molecule has 1 unspecified atom stereocenters. The van der Waals surface area contributed by atoms with E-state index in [0.717, 1.165) is 19.5 Å². The number of nitrogens with two attached hydrogens (primary N) is 1. The van der Waals surface area contributed by atoms with E-state index < -0.39 is 10.0 Å².